The number of carbonyl (C=O) groups is 1. The summed E-state index contributed by atoms with van der Waals surface area (Å²) >= 11 is 5.51. The van der Waals surface area contributed by atoms with Crippen LogP contribution >= 0.6 is 11.6 Å². The average molecular weight is 135 g/mol. The maximum absolute atomic E-state index is 10.2. The van der Waals surface area contributed by atoms with Gasteiger partial charge in [-0.05, 0) is 13.3 Å². The highest BCUT2D eigenvalue weighted by Crippen LogP contribution is 2.49. The van der Waals surface area contributed by atoms with Crippen molar-refractivity contribution in [2.24, 2.45) is 5.41 Å². The number of halogens is 1. The van der Waals surface area contributed by atoms with E-state index in [1.807, 2.05) is 0 Å². The van der Waals surface area contributed by atoms with Gasteiger partial charge in [0.2, 0.25) is 0 Å². The molecule has 2 atom stereocenters. The molecule has 0 spiro atoms. The van der Waals surface area contributed by atoms with Crippen LogP contribution in [-0.2, 0) is 4.79 Å². The van der Waals surface area contributed by atoms with E-state index >= 15 is 0 Å². The molecule has 0 aromatic heterocycles. The van der Waals surface area contributed by atoms with Crippen molar-refractivity contribution in [3.8, 4) is 0 Å². The van der Waals surface area contributed by atoms with Crippen molar-refractivity contribution in [3.63, 3.8) is 0 Å². The van der Waals surface area contributed by atoms with E-state index in [1.54, 1.807) is 6.92 Å². The van der Waals surface area contributed by atoms with Crippen LogP contribution in [0.25, 0.3) is 0 Å². The minimum Gasteiger partial charge on any atom is -0.481 e. The molecular formula is C5H7ClO2. The first-order chi connectivity index (χ1) is 3.57. The molecule has 8 heavy (non-hydrogen) atoms. The highest BCUT2D eigenvalue weighted by molar-refractivity contribution is 6.25. The van der Waals surface area contributed by atoms with Crippen LogP contribution in [0.2, 0.25) is 0 Å². The topological polar surface area (TPSA) is 37.3 Å². The van der Waals surface area contributed by atoms with Crippen LogP contribution in [0.4, 0.5) is 0 Å². The Bertz CT molecular complexity index is 134. The van der Waals surface area contributed by atoms with E-state index in [1.165, 1.54) is 0 Å². The third-order valence-corrected chi connectivity index (χ3v) is 2.26. The summed E-state index contributed by atoms with van der Waals surface area (Å²) < 4.78 is 0. The summed E-state index contributed by atoms with van der Waals surface area (Å²) in [6.45, 7) is 1.66. The molecule has 0 radical (unpaired) electrons. The van der Waals surface area contributed by atoms with Crippen LogP contribution in [0.15, 0.2) is 0 Å². The SMILES string of the molecule is C[C@]1(C(=O)O)C[C@H]1Cl. The van der Waals surface area contributed by atoms with Gasteiger partial charge < -0.3 is 5.11 Å². The van der Waals surface area contributed by atoms with Crippen molar-refractivity contribution < 1.29 is 9.90 Å². The van der Waals surface area contributed by atoms with E-state index in [-0.39, 0.29) is 5.38 Å². The normalized spacial score (nSPS) is 44.0. The molecular weight excluding hydrogens is 128 g/mol. The molecule has 0 saturated heterocycles. The van der Waals surface area contributed by atoms with Crippen LogP contribution in [0.3, 0.4) is 0 Å². The van der Waals surface area contributed by atoms with Crippen LogP contribution in [-0.4, -0.2) is 16.5 Å². The predicted octanol–water partition coefficient (Wildman–Crippen LogP) is 1.09. The van der Waals surface area contributed by atoms with Crippen molar-refractivity contribution in [2.45, 2.75) is 18.7 Å². The van der Waals surface area contributed by atoms with Gasteiger partial charge >= 0.3 is 5.97 Å². The fraction of sp³-hybridized carbons (Fsp3) is 0.800. The third kappa shape index (κ3) is 0.599. The van der Waals surface area contributed by atoms with Gasteiger partial charge in [-0.3, -0.25) is 4.79 Å². The van der Waals surface area contributed by atoms with Gasteiger partial charge in [0.25, 0.3) is 0 Å². The van der Waals surface area contributed by atoms with Gasteiger partial charge in [0.05, 0.1) is 10.8 Å². The Morgan fingerprint density at radius 2 is 2.38 bits per heavy atom. The van der Waals surface area contributed by atoms with Gasteiger partial charge in [0, 0.05) is 0 Å². The zero-order valence-electron chi connectivity index (χ0n) is 4.52. The zero-order chi connectivity index (χ0) is 6.36. The van der Waals surface area contributed by atoms with Gasteiger partial charge in [-0.25, -0.2) is 0 Å². The molecule has 0 bridgehead atoms. The van der Waals surface area contributed by atoms with Crippen molar-refractivity contribution >= 4 is 17.6 Å². The van der Waals surface area contributed by atoms with Gasteiger partial charge in [-0.2, -0.15) is 0 Å². The van der Waals surface area contributed by atoms with E-state index in [9.17, 15) is 4.79 Å². The highest BCUT2D eigenvalue weighted by Gasteiger charge is 2.55. The van der Waals surface area contributed by atoms with Crippen LogP contribution in [0, 0.1) is 5.41 Å². The van der Waals surface area contributed by atoms with Gasteiger partial charge in [0.15, 0.2) is 0 Å². The Morgan fingerprint density at radius 1 is 2.00 bits per heavy atom. The Labute approximate surface area is 52.5 Å². The Hall–Kier alpha value is -0.240. The van der Waals surface area contributed by atoms with E-state index in [0.717, 1.165) is 0 Å². The summed E-state index contributed by atoms with van der Waals surface area (Å²) in [6.07, 6.45) is 0.615. The summed E-state index contributed by atoms with van der Waals surface area (Å²) in [4.78, 5) is 10.2. The molecule has 1 fully saturated rings. The first-order valence-electron chi connectivity index (χ1n) is 2.45. The fourth-order valence-corrected chi connectivity index (χ4v) is 0.949. The maximum atomic E-state index is 10.2. The number of aliphatic carboxylic acids is 1. The molecule has 1 aliphatic carbocycles. The lowest BCUT2D eigenvalue weighted by Crippen LogP contribution is -2.12. The molecule has 0 unspecified atom stereocenters. The van der Waals surface area contributed by atoms with E-state index in [4.69, 9.17) is 16.7 Å². The highest BCUT2D eigenvalue weighted by atomic mass is 35.5. The number of hydrogen-bond donors (Lipinski definition) is 1. The second-order valence-corrected chi connectivity index (χ2v) is 2.92. The van der Waals surface area contributed by atoms with E-state index in [2.05, 4.69) is 0 Å². The van der Waals surface area contributed by atoms with Crippen LogP contribution in [0.1, 0.15) is 13.3 Å². The molecule has 2 nitrogen and oxygen atoms in total. The smallest absolute Gasteiger partial charge is 0.310 e. The van der Waals surface area contributed by atoms with Crippen molar-refractivity contribution in [3.05, 3.63) is 0 Å². The fourth-order valence-electron chi connectivity index (χ4n) is 0.535. The standard InChI is InChI=1S/C5H7ClO2/c1-5(4(7)8)2-3(5)6/h3H,2H2,1H3,(H,7,8)/t3-,5+/m1/s1. The molecule has 1 N–H and O–H groups in total. The lowest BCUT2D eigenvalue weighted by molar-refractivity contribution is -0.142. The Balaban J connectivity index is 2.60. The molecule has 0 aliphatic heterocycles. The van der Waals surface area contributed by atoms with Gasteiger partial charge in [-0.1, -0.05) is 0 Å². The molecule has 0 heterocycles. The molecule has 1 rings (SSSR count). The number of hydrogen-bond acceptors (Lipinski definition) is 1. The number of carboxylic acid groups (broad SMARTS) is 1. The molecule has 3 heteroatoms. The molecule has 1 aliphatic rings. The molecule has 0 aromatic rings. The summed E-state index contributed by atoms with van der Waals surface area (Å²) in [5.74, 6) is -0.780. The lowest BCUT2D eigenvalue weighted by Gasteiger charge is -1.96. The third-order valence-electron chi connectivity index (χ3n) is 1.62. The molecule has 46 valence electrons. The summed E-state index contributed by atoms with van der Waals surface area (Å²) in [6, 6.07) is 0. The first-order valence-corrected chi connectivity index (χ1v) is 2.88. The lowest BCUT2D eigenvalue weighted by atomic mass is 10.1. The van der Waals surface area contributed by atoms with Crippen LogP contribution in [0.5, 0.6) is 0 Å². The Kier molecular flexibility index (Phi) is 1.01. The summed E-state index contributed by atoms with van der Waals surface area (Å²) in [5, 5.41) is 8.26. The van der Waals surface area contributed by atoms with Crippen LogP contribution < -0.4 is 0 Å². The Morgan fingerprint density at radius 3 is 2.38 bits per heavy atom. The van der Waals surface area contributed by atoms with Gasteiger partial charge in [-0.15, -0.1) is 11.6 Å². The van der Waals surface area contributed by atoms with E-state index in [0.29, 0.717) is 6.42 Å². The minimum atomic E-state index is -0.780. The van der Waals surface area contributed by atoms with Crippen molar-refractivity contribution in [1.82, 2.24) is 0 Å². The monoisotopic (exact) mass is 134 g/mol. The zero-order valence-corrected chi connectivity index (χ0v) is 5.27. The second kappa shape index (κ2) is 1.38. The van der Waals surface area contributed by atoms with E-state index < -0.39 is 11.4 Å². The number of carboxylic acids is 1. The largest absolute Gasteiger partial charge is 0.481 e. The maximum Gasteiger partial charge on any atom is 0.310 e. The second-order valence-electron chi connectivity index (χ2n) is 2.39. The summed E-state index contributed by atoms with van der Waals surface area (Å²) in [7, 11) is 0. The number of rotatable bonds is 1. The molecule has 1 saturated carbocycles. The summed E-state index contributed by atoms with van der Waals surface area (Å²) in [5.41, 5.74) is -0.610. The van der Waals surface area contributed by atoms with Crippen molar-refractivity contribution in [1.29, 1.82) is 0 Å². The number of alkyl halides is 1. The predicted molar refractivity (Wildman–Crippen MR) is 30.0 cm³/mol. The van der Waals surface area contributed by atoms with Gasteiger partial charge in [0.1, 0.15) is 0 Å². The van der Waals surface area contributed by atoms with Crippen molar-refractivity contribution in [2.75, 3.05) is 0 Å². The first kappa shape index (κ1) is 5.89. The molecule has 0 amide bonds. The minimum absolute atomic E-state index is 0.139. The molecule has 0 aromatic carbocycles. The average Bonchev–Trinajstić information content (AvgIpc) is 2.17. The quantitative estimate of drug-likeness (QED) is 0.545.